The fraction of sp³-hybridized carbons (Fsp3) is 0.536. The summed E-state index contributed by atoms with van der Waals surface area (Å²) in [4.78, 5) is 12.0. The average molecular weight is 487 g/mol. The van der Waals surface area contributed by atoms with Crippen LogP contribution in [-0.4, -0.2) is 44.1 Å². The normalized spacial score (nSPS) is 17.9. The average Bonchev–Trinajstić information content (AvgIpc) is 3.38. The third kappa shape index (κ3) is 5.46. The minimum atomic E-state index is -0.967. The number of hydrogen-bond donors (Lipinski definition) is 1. The van der Waals surface area contributed by atoms with Gasteiger partial charge < -0.3 is 24.1 Å². The van der Waals surface area contributed by atoms with Gasteiger partial charge in [-0.25, -0.2) is 4.39 Å². The Morgan fingerprint density at radius 2 is 1.86 bits per heavy atom. The van der Waals surface area contributed by atoms with Crippen LogP contribution in [0.1, 0.15) is 55.2 Å². The van der Waals surface area contributed by atoms with Crippen LogP contribution in [-0.2, 0) is 20.9 Å². The first-order valence-corrected chi connectivity index (χ1v) is 12.4. The van der Waals surface area contributed by atoms with Crippen molar-refractivity contribution in [2.24, 2.45) is 5.41 Å². The molecule has 2 aromatic rings. The predicted molar refractivity (Wildman–Crippen MR) is 131 cm³/mol. The van der Waals surface area contributed by atoms with Crippen LogP contribution in [0, 0.1) is 25.1 Å². The van der Waals surface area contributed by atoms with Gasteiger partial charge in [-0.1, -0.05) is 18.9 Å². The Balaban J connectivity index is 1.65. The van der Waals surface area contributed by atoms with Crippen LogP contribution in [0.5, 0.6) is 11.5 Å². The van der Waals surface area contributed by atoms with E-state index >= 15 is 4.39 Å². The second kappa shape index (κ2) is 11.0. The molecular weight excluding hydrogens is 451 g/mol. The lowest BCUT2D eigenvalue weighted by Crippen LogP contribution is -2.42. The van der Waals surface area contributed by atoms with Crippen molar-refractivity contribution in [2.75, 3.05) is 26.9 Å². The lowest BCUT2D eigenvalue weighted by Gasteiger charge is -2.32. The first-order valence-electron chi connectivity index (χ1n) is 12.4. The van der Waals surface area contributed by atoms with Crippen LogP contribution in [0.25, 0.3) is 11.1 Å². The van der Waals surface area contributed by atoms with E-state index in [1.54, 1.807) is 6.07 Å². The second-order valence-corrected chi connectivity index (χ2v) is 9.74. The van der Waals surface area contributed by atoms with Crippen LogP contribution in [0.15, 0.2) is 24.3 Å². The summed E-state index contributed by atoms with van der Waals surface area (Å²) in [6, 6.07) is 7.28. The zero-order chi connectivity index (χ0) is 25.0. The molecule has 1 saturated heterocycles. The van der Waals surface area contributed by atoms with Gasteiger partial charge in [-0.15, -0.1) is 0 Å². The van der Waals surface area contributed by atoms with Crippen LogP contribution >= 0.6 is 0 Å². The van der Waals surface area contributed by atoms with E-state index in [-0.39, 0.29) is 18.5 Å². The van der Waals surface area contributed by atoms with Crippen molar-refractivity contribution in [3.05, 3.63) is 46.8 Å². The molecule has 1 heterocycles. The number of halogens is 1. The topological polar surface area (TPSA) is 74.2 Å². The standard InChI is InChI=1S/C28H35FO6/c1-18-14-24(25(29)26(32-3)19(18)2)23-9-8-22(15-20(23)16-34-21-6-4-5-7-21)35-17-28(27(30)31)10-12-33-13-11-28/h8-9,14-15,21H,4-7,10-13,16-17H2,1-3H3,(H,30,31). The minimum Gasteiger partial charge on any atom is -0.493 e. The lowest BCUT2D eigenvalue weighted by molar-refractivity contribution is -0.157. The summed E-state index contributed by atoms with van der Waals surface area (Å²) in [5.41, 5.74) is 2.71. The molecule has 6 nitrogen and oxygen atoms in total. The van der Waals surface area contributed by atoms with E-state index in [0.717, 1.165) is 42.4 Å². The molecule has 0 aromatic heterocycles. The third-order valence-electron chi connectivity index (χ3n) is 7.50. The molecule has 35 heavy (non-hydrogen) atoms. The van der Waals surface area contributed by atoms with E-state index in [4.69, 9.17) is 18.9 Å². The number of aliphatic carboxylic acids is 1. The predicted octanol–water partition coefficient (Wildman–Crippen LogP) is 5.84. The van der Waals surface area contributed by atoms with Crippen LogP contribution in [0.4, 0.5) is 4.39 Å². The molecule has 0 unspecified atom stereocenters. The van der Waals surface area contributed by atoms with Crippen LogP contribution < -0.4 is 9.47 Å². The van der Waals surface area contributed by atoms with Gasteiger partial charge in [0, 0.05) is 18.8 Å². The summed E-state index contributed by atoms with van der Waals surface area (Å²) >= 11 is 0. The second-order valence-electron chi connectivity index (χ2n) is 9.74. The molecule has 7 heteroatoms. The fourth-order valence-corrected chi connectivity index (χ4v) is 5.00. The van der Waals surface area contributed by atoms with Gasteiger partial charge in [0.1, 0.15) is 17.8 Å². The first-order chi connectivity index (χ1) is 16.8. The summed E-state index contributed by atoms with van der Waals surface area (Å²) in [6.45, 7) is 4.97. The highest BCUT2D eigenvalue weighted by molar-refractivity contribution is 5.75. The fourth-order valence-electron chi connectivity index (χ4n) is 5.00. The molecule has 0 bridgehead atoms. The maximum atomic E-state index is 15.5. The van der Waals surface area contributed by atoms with E-state index in [1.165, 1.54) is 7.11 Å². The van der Waals surface area contributed by atoms with E-state index in [2.05, 4.69) is 0 Å². The van der Waals surface area contributed by atoms with E-state index in [1.807, 2.05) is 32.0 Å². The van der Waals surface area contributed by atoms with Gasteiger partial charge in [0.15, 0.2) is 11.6 Å². The molecule has 1 aliphatic heterocycles. The molecule has 0 amide bonds. The van der Waals surface area contributed by atoms with E-state index in [9.17, 15) is 9.90 Å². The third-order valence-corrected chi connectivity index (χ3v) is 7.50. The molecule has 0 atom stereocenters. The Hall–Kier alpha value is -2.64. The highest BCUT2D eigenvalue weighted by atomic mass is 19.1. The SMILES string of the molecule is COc1c(C)c(C)cc(-c2ccc(OCC3(C(=O)O)CCOCC3)cc2COC2CCCC2)c1F. The van der Waals surface area contributed by atoms with Crippen molar-refractivity contribution < 1.29 is 33.2 Å². The maximum Gasteiger partial charge on any atom is 0.313 e. The summed E-state index contributed by atoms with van der Waals surface area (Å²) in [5.74, 6) is -0.488. The Labute approximate surface area is 206 Å². The van der Waals surface area contributed by atoms with Gasteiger partial charge in [-0.05, 0) is 80.0 Å². The number of benzene rings is 2. The number of carboxylic acids is 1. The van der Waals surface area contributed by atoms with Crippen LogP contribution in [0.2, 0.25) is 0 Å². The van der Waals surface area contributed by atoms with Gasteiger partial charge in [-0.3, -0.25) is 4.79 Å². The maximum absolute atomic E-state index is 15.5. The van der Waals surface area contributed by atoms with Crippen molar-refractivity contribution >= 4 is 5.97 Å². The Morgan fingerprint density at radius 3 is 2.51 bits per heavy atom. The van der Waals surface area contributed by atoms with Gasteiger partial charge in [0.2, 0.25) is 0 Å². The van der Waals surface area contributed by atoms with Crippen molar-refractivity contribution in [3.63, 3.8) is 0 Å². The molecule has 1 N–H and O–H groups in total. The van der Waals surface area contributed by atoms with Crippen molar-refractivity contribution in [3.8, 4) is 22.6 Å². The molecule has 2 aromatic carbocycles. The quantitative estimate of drug-likeness (QED) is 0.480. The van der Waals surface area contributed by atoms with Crippen LogP contribution in [0.3, 0.4) is 0 Å². The summed E-state index contributed by atoms with van der Waals surface area (Å²) in [7, 11) is 1.48. The number of carboxylic acid groups (broad SMARTS) is 1. The van der Waals surface area contributed by atoms with E-state index in [0.29, 0.717) is 49.5 Å². The van der Waals surface area contributed by atoms with Gasteiger partial charge in [-0.2, -0.15) is 0 Å². The molecular formula is C28H35FO6. The highest BCUT2D eigenvalue weighted by Crippen LogP contribution is 2.38. The molecule has 1 saturated carbocycles. The molecule has 4 rings (SSSR count). The number of rotatable bonds is 9. The minimum absolute atomic E-state index is 0.0553. The lowest BCUT2D eigenvalue weighted by atomic mass is 9.81. The highest BCUT2D eigenvalue weighted by Gasteiger charge is 2.41. The van der Waals surface area contributed by atoms with Gasteiger partial charge in [0.25, 0.3) is 0 Å². The van der Waals surface area contributed by atoms with Crippen molar-refractivity contribution in [2.45, 2.75) is 65.1 Å². The Bertz CT molecular complexity index is 1050. The number of aryl methyl sites for hydroxylation is 1. The number of methoxy groups -OCH3 is 1. The number of carbonyl (C=O) groups is 1. The largest absolute Gasteiger partial charge is 0.493 e. The zero-order valence-electron chi connectivity index (χ0n) is 20.8. The molecule has 0 spiro atoms. The molecule has 2 aliphatic rings. The number of ether oxygens (including phenoxy) is 4. The van der Waals surface area contributed by atoms with Crippen molar-refractivity contribution in [1.29, 1.82) is 0 Å². The molecule has 0 radical (unpaired) electrons. The summed E-state index contributed by atoms with van der Waals surface area (Å²) in [6.07, 6.45) is 5.39. The molecule has 2 fully saturated rings. The molecule has 1 aliphatic carbocycles. The smallest absolute Gasteiger partial charge is 0.313 e. The van der Waals surface area contributed by atoms with Crippen molar-refractivity contribution in [1.82, 2.24) is 0 Å². The monoisotopic (exact) mass is 486 g/mol. The summed E-state index contributed by atoms with van der Waals surface area (Å²) in [5, 5.41) is 9.84. The van der Waals surface area contributed by atoms with E-state index < -0.39 is 17.2 Å². The summed E-state index contributed by atoms with van der Waals surface area (Å²) < 4.78 is 38.4. The Morgan fingerprint density at radius 1 is 1.14 bits per heavy atom. The Kier molecular flexibility index (Phi) is 7.97. The first kappa shape index (κ1) is 25.5. The van der Waals surface area contributed by atoms with Gasteiger partial charge in [0.05, 0.1) is 19.8 Å². The van der Waals surface area contributed by atoms with Gasteiger partial charge >= 0.3 is 5.97 Å². The zero-order valence-corrected chi connectivity index (χ0v) is 20.8. The number of hydrogen-bond acceptors (Lipinski definition) is 5. The molecule has 190 valence electrons.